The third-order valence-electron chi connectivity index (χ3n) is 12.1. The van der Waals surface area contributed by atoms with E-state index >= 15 is 0 Å². The van der Waals surface area contributed by atoms with Crippen LogP contribution in [0.15, 0.2) is 188 Å². The van der Waals surface area contributed by atoms with Crippen molar-refractivity contribution in [2.24, 2.45) is 0 Å². The van der Waals surface area contributed by atoms with Crippen LogP contribution >= 0.6 is 11.3 Å². The maximum absolute atomic E-state index is 2.53. The predicted octanol–water partition coefficient (Wildman–Crippen LogP) is 14.2. The average Bonchev–Trinajstić information content (AvgIpc) is 3.82. The van der Waals surface area contributed by atoms with Gasteiger partial charge in [0.05, 0.1) is 5.41 Å². The van der Waals surface area contributed by atoms with Gasteiger partial charge in [-0.15, -0.1) is 11.3 Å². The summed E-state index contributed by atoms with van der Waals surface area (Å²) in [5.74, 6) is 0. The van der Waals surface area contributed by atoms with Crippen molar-refractivity contribution in [2.75, 3.05) is 4.90 Å². The van der Waals surface area contributed by atoms with Crippen molar-refractivity contribution in [1.29, 1.82) is 0 Å². The summed E-state index contributed by atoms with van der Waals surface area (Å²) >= 11 is 1.88. The van der Waals surface area contributed by atoms with Gasteiger partial charge in [0.1, 0.15) is 0 Å². The normalized spacial score (nSPS) is 14.4. The molecule has 0 radical (unpaired) electrons. The Morgan fingerprint density at radius 2 is 0.870 bits per heavy atom. The van der Waals surface area contributed by atoms with Crippen molar-refractivity contribution in [1.82, 2.24) is 0 Å². The fraction of sp³-hybridized carbons (Fsp3) is 0.0769. The molecule has 256 valence electrons. The molecule has 0 unspecified atom stereocenters. The molecule has 1 heterocycles. The van der Waals surface area contributed by atoms with Gasteiger partial charge in [-0.1, -0.05) is 135 Å². The Bertz CT molecular complexity index is 2810. The van der Waals surface area contributed by atoms with Crippen molar-refractivity contribution in [3.63, 3.8) is 0 Å². The lowest BCUT2D eigenvalue weighted by Crippen LogP contribution is -2.30. The predicted molar refractivity (Wildman–Crippen MR) is 229 cm³/mol. The Balaban J connectivity index is 1.24. The van der Waals surface area contributed by atoms with Crippen LogP contribution < -0.4 is 4.90 Å². The number of anilines is 3. The third kappa shape index (κ3) is 4.32. The van der Waals surface area contributed by atoms with E-state index in [0.29, 0.717) is 0 Å². The second-order valence-electron chi connectivity index (χ2n) is 15.3. The Hall–Kier alpha value is -6.22. The molecule has 54 heavy (non-hydrogen) atoms. The number of rotatable bonds is 6. The number of thiophene rings is 1. The van der Waals surface area contributed by atoms with Gasteiger partial charge in [-0.3, -0.25) is 0 Å². The van der Waals surface area contributed by atoms with E-state index in [2.05, 4.69) is 207 Å². The number of para-hydroxylation sites is 2. The number of hydrogen-bond donors (Lipinski definition) is 0. The van der Waals surface area contributed by atoms with E-state index in [1.54, 1.807) is 0 Å². The van der Waals surface area contributed by atoms with Gasteiger partial charge < -0.3 is 4.90 Å². The zero-order valence-electron chi connectivity index (χ0n) is 30.3. The molecule has 0 fully saturated rings. The first-order valence-corrected chi connectivity index (χ1v) is 19.7. The van der Waals surface area contributed by atoms with Crippen molar-refractivity contribution in [3.05, 3.63) is 221 Å². The van der Waals surface area contributed by atoms with E-state index in [1.807, 2.05) is 11.3 Å². The summed E-state index contributed by atoms with van der Waals surface area (Å²) in [4.78, 5) is 2.43. The monoisotopic (exact) mass is 707 g/mol. The molecule has 0 amide bonds. The van der Waals surface area contributed by atoms with Crippen LogP contribution in [0, 0.1) is 0 Å². The van der Waals surface area contributed by atoms with Crippen molar-refractivity contribution >= 4 is 48.6 Å². The number of benzene rings is 8. The zero-order valence-corrected chi connectivity index (χ0v) is 31.1. The molecule has 11 rings (SSSR count). The smallest absolute Gasteiger partial charge is 0.0714 e. The standard InChI is InChI=1S/C52H37NS/c1-51(2)43-30-35(34-27-28-48-42(29-34)41-25-15-16-26-47(41)54-48)31-45-49(43)50-44(51)32-40(53(38-21-11-5-12-22-38)39-23-13-6-14-24-39)33-46(50)52(45,36-17-7-3-8-18-36)37-19-9-4-10-20-37/h3-33H,1-2H3. The summed E-state index contributed by atoms with van der Waals surface area (Å²) in [5, 5.41) is 2.66. The van der Waals surface area contributed by atoms with Crippen LogP contribution in [0.4, 0.5) is 17.1 Å². The molecule has 0 aliphatic heterocycles. The lowest BCUT2D eigenvalue weighted by Gasteiger charge is -2.37. The summed E-state index contributed by atoms with van der Waals surface area (Å²) in [6.45, 7) is 4.86. The summed E-state index contributed by atoms with van der Waals surface area (Å²) in [5.41, 5.74) is 16.1. The Morgan fingerprint density at radius 1 is 0.389 bits per heavy atom. The van der Waals surface area contributed by atoms with Crippen LogP contribution in [-0.4, -0.2) is 0 Å². The highest BCUT2D eigenvalue weighted by Gasteiger charge is 2.53. The molecule has 0 N–H and O–H groups in total. The lowest BCUT2D eigenvalue weighted by molar-refractivity contribution is 0.652. The summed E-state index contributed by atoms with van der Waals surface area (Å²) in [7, 11) is 0. The van der Waals surface area contributed by atoms with Gasteiger partial charge in [-0.05, 0) is 122 Å². The lowest BCUT2D eigenvalue weighted by atomic mass is 9.65. The zero-order chi connectivity index (χ0) is 36.0. The maximum Gasteiger partial charge on any atom is 0.0714 e. The second kappa shape index (κ2) is 11.6. The van der Waals surface area contributed by atoms with Gasteiger partial charge in [0, 0.05) is 42.6 Å². The molecule has 0 atom stereocenters. The highest BCUT2D eigenvalue weighted by molar-refractivity contribution is 7.25. The molecule has 2 aliphatic rings. The molecule has 2 heteroatoms. The quantitative estimate of drug-likeness (QED) is 0.166. The summed E-state index contributed by atoms with van der Waals surface area (Å²) in [6, 6.07) is 70.1. The molecule has 0 saturated heterocycles. The maximum atomic E-state index is 2.53. The minimum atomic E-state index is -0.530. The Morgan fingerprint density at radius 3 is 1.50 bits per heavy atom. The van der Waals surface area contributed by atoms with E-state index in [1.165, 1.54) is 81.5 Å². The van der Waals surface area contributed by atoms with Crippen LogP contribution in [0.1, 0.15) is 47.2 Å². The highest BCUT2D eigenvalue weighted by atomic mass is 32.1. The molecule has 9 aromatic rings. The first-order chi connectivity index (χ1) is 26.5. The highest BCUT2D eigenvalue weighted by Crippen LogP contribution is 2.66. The molecule has 1 nitrogen and oxygen atoms in total. The number of nitrogens with zero attached hydrogens (tertiary/aromatic N) is 1. The van der Waals surface area contributed by atoms with Crippen LogP contribution in [-0.2, 0) is 10.8 Å². The van der Waals surface area contributed by atoms with E-state index in [0.717, 1.165) is 11.4 Å². The molecule has 2 aliphatic carbocycles. The number of fused-ring (bicyclic) bond motifs is 3. The van der Waals surface area contributed by atoms with Crippen molar-refractivity contribution in [2.45, 2.75) is 24.7 Å². The molecular weight excluding hydrogens is 671 g/mol. The van der Waals surface area contributed by atoms with Crippen LogP contribution in [0.2, 0.25) is 0 Å². The molecule has 0 saturated carbocycles. The second-order valence-corrected chi connectivity index (χ2v) is 16.4. The van der Waals surface area contributed by atoms with Crippen LogP contribution in [0.5, 0.6) is 0 Å². The van der Waals surface area contributed by atoms with E-state index in [4.69, 9.17) is 0 Å². The number of hydrogen-bond acceptors (Lipinski definition) is 2. The molecule has 8 aromatic carbocycles. The van der Waals surface area contributed by atoms with E-state index in [-0.39, 0.29) is 5.41 Å². The summed E-state index contributed by atoms with van der Waals surface area (Å²) < 4.78 is 2.67. The largest absolute Gasteiger partial charge is 0.310 e. The molecular formula is C52H37NS. The Labute approximate surface area is 320 Å². The topological polar surface area (TPSA) is 3.24 Å². The van der Waals surface area contributed by atoms with Crippen LogP contribution in [0.25, 0.3) is 42.4 Å². The van der Waals surface area contributed by atoms with Gasteiger partial charge >= 0.3 is 0 Å². The molecule has 0 bridgehead atoms. The molecule has 0 spiro atoms. The first kappa shape index (κ1) is 31.3. The van der Waals surface area contributed by atoms with Crippen LogP contribution in [0.3, 0.4) is 0 Å². The van der Waals surface area contributed by atoms with E-state index in [9.17, 15) is 0 Å². The van der Waals surface area contributed by atoms with Gasteiger partial charge in [-0.25, -0.2) is 0 Å². The van der Waals surface area contributed by atoms with Gasteiger partial charge in [-0.2, -0.15) is 0 Å². The third-order valence-corrected chi connectivity index (χ3v) is 13.2. The summed E-state index contributed by atoms with van der Waals surface area (Å²) in [6.07, 6.45) is 0. The SMILES string of the molecule is CC1(C)c2cc(-c3ccc4sc5ccccc5c4c3)cc3c2-c2c1cc(N(c1ccccc1)c1ccccc1)cc2C3(c1ccccc1)c1ccccc1. The van der Waals surface area contributed by atoms with Gasteiger partial charge in [0.15, 0.2) is 0 Å². The van der Waals surface area contributed by atoms with Crippen molar-refractivity contribution < 1.29 is 0 Å². The van der Waals surface area contributed by atoms with Gasteiger partial charge in [0.2, 0.25) is 0 Å². The fourth-order valence-electron chi connectivity index (χ4n) is 9.64. The minimum Gasteiger partial charge on any atom is -0.310 e. The Kier molecular flexibility index (Phi) is 6.75. The molecule has 1 aromatic heterocycles. The fourth-order valence-corrected chi connectivity index (χ4v) is 10.7. The first-order valence-electron chi connectivity index (χ1n) is 18.8. The average molecular weight is 708 g/mol. The van der Waals surface area contributed by atoms with E-state index < -0.39 is 5.41 Å². The van der Waals surface area contributed by atoms with Crippen molar-refractivity contribution in [3.8, 4) is 22.3 Å². The minimum absolute atomic E-state index is 0.224. The van der Waals surface area contributed by atoms with Gasteiger partial charge in [0.25, 0.3) is 0 Å².